The van der Waals surface area contributed by atoms with Crippen LogP contribution >= 0.6 is 23.6 Å². The Balaban J connectivity index is 1.77. The van der Waals surface area contributed by atoms with Crippen LogP contribution in [0.2, 0.25) is 0 Å². The van der Waals surface area contributed by atoms with Gasteiger partial charge in [0.1, 0.15) is 0 Å². The van der Waals surface area contributed by atoms with Gasteiger partial charge in [-0.15, -0.1) is 16.4 Å². The van der Waals surface area contributed by atoms with Gasteiger partial charge in [0.05, 0.1) is 11.5 Å². The lowest BCUT2D eigenvalue weighted by Crippen LogP contribution is -2.32. The van der Waals surface area contributed by atoms with Crippen LogP contribution in [-0.4, -0.2) is 32.3 Å². The monoisotopic (exact) mass is 356 g/mol. The number of nitrogens with zero attached hydrogens (tertiary/aromatic N) is 4. The van der Waals surface area contributed by atoms with Gasteiger partial charge >= 0.3 is 0 Å². The zero-order chi connectivity index (χ0) is 16.4. The largest absolute Gasteiger partial charge is 0.284 e. The predicted octanol–water partition coefficient (Wildman–Crippen LogP) is 4.58. The van der Waals surface area contributed by atoms with E-state index in [4.69, 9.17) is 17.3 Å². The van der Waals surface area contributed by atoms with Crippen molar-refractivity contribution in [1.82, 2.24) is 19.2 Å². The summed E-state index contributed by atoms with van der Waals surface area (Å²) in [6.45, 7) is 3.04. The second kappa shape index (κ2) is 7.01. The minimum atomic E-state index is 0.759. The molecule has 3 aromatic rings. The minimum Gasteiger partial charge on any atom is -0.284 e. The quantitative estimate of drug-likeness (QED) is 0.640. The van der Waals surface area contributed by atoms with E-state index >= 15 is 0 Å². The Hall–Kier alpha value is -1.76. The van der Waals surface area contributed by atoms with Crippen molar-refractivity contribution in [3.05, 3.63) is 52.6 Å². The minimum absolute atomic E-state index is 0.759. The zero-order valence-electron chi connectivity index (χ0n) is 13.5. The Morgan fingerprint density at radius 2 is 1.79 bits per heavy atom. The Bertz CT molecular complexity index is 843. The first-order chi connectivity index (χ1) is 11.8. The first-order valence-corrected chi connectivity index (χ1v) is 9.63. The van der Waals surface area contributed by atoms with Crippen molar-refractivity contribution < 1.29 is 0 Å². The third-order valence-electron chi connectivity index (χ3n) is 4.38. The van der Waals surface area contributed by atoms with Gasteiger partial charge in [-0.2, -0.15) is 0 Å². The normalized spacial score (nSPS) is 15.7. The molecule has 2 aromatic heterocycles. The van der Waals surface area contributed by atoms with Gasteiger partial charge in [-0.05, 0) is 61.7 Å². The first kappa shape index (κ1) is 15.7. The maximum atomic E-state index is 5.78. The third kappa shape index (κ3) is 3.09. The molecule has 4 rings (SSSR count). The lowest BCUT2D eigenvalue weighted by atomic mass is 10.1. The van der Waals surface area contributed by atoms with Crippen LogP contribution in [0.15, 0.2) is 47.8 Å². The zero-order valence-corrected chi connectivity index (χ0v) is 15.1. The molecule has 1 aliphatic rings. The number of para-hydroxylation sites is 1. The van der Waals surface area contributed by atoms with Crippen LogP contribution in [0, 0.1) is 4.77 Å². The van der Waals surface area contributed by atoms with Gasteiger partial charge in [0.2, 0.25) is 4.77 Å². The molecule has 1 aliphatic heterocycles. The second-order valence-electron chi connectivity index (χ2n) is 6.07. The molecule has 0 atom stereocenters. The molecule has 1 saturated heterocycles. The Labute approximate surface area is 151 Å². The van der Waals surface area contributed by atoms with Crippen LogP contribution in [0.3, 0.4) is 0 Å². The molecular formula is C18H20N4S2. The molecule has 1 fully saturated rings. The van der Waals surface area contributed by atoms with Gasteiger partial charge < -0.3 is 0 Å². The van der Waals surface area contributed by atoms with Crippen LogP contribution in [0.5, 0.6) is 0 Å². The van der Waals surface area contributed by atoms with Gasteiger partial charge in [-0.1, -0.05) is 30.7 Å². The van der Waals surface area contributed by atoms with Gasteiger partial charge in [-0.25, -0.2) is 4.68 Å². The molecule has 124 valence electrons. The van der Waals surface area contributed by atoms with Crippen molar-refractivity contribution in [3.63, 3.8) is 0 Å². The summed E-state index contributed by atoms with van der Waals surface area (Å²) >= 11 is 7.48. The summed E-state index contributed by atoms with van der Waals surface area (Å²) in [6.07, 6.45) is 3.87. The standard InChI is InChI=1S/C18H20N4S2/c23-18-21(14-20-11-5-2-6-12-20)19-17(16-10-7-13-24-16)22(18)15-8-3-1-4-9-15/h1,3-4,7-10,13H,2,5-6,11-12,14H2. The second-order valence-corrected chi connectivity index (χ2v) is 7.39. The molecule has 3 heterocycles. The maximum absolute atomic E-state index is 5.78. The number of hydrogen-bond acceptors (Lipinski definition) is 4. The van der Waals surface area contributed by atoms with E-state index < -0.39 is 0 Å². The van der Waals surface area contributed by atoms with Crippen LogP contribution < -0.4 is 0 Å². The molecule has 0 N–H and O–H groups in total. The number of benzene rings is 1. The van der Waals surface area contributed by atoms with Crippen molar-refractivity contribution in [1.29, 1.82) is 0 Å². The van der Waals surface area contributed by atoms with E-state index in [1.54, 1.807) is 11.3 Å². The number of rotatable bonds is 4. The van der Waals surface area contributed by atoms with Crippen LogP contribution in [0.25, 0.3) is 16.4 Å². The highest BCUT2D eigenvalue weighted by atomic mass is 32.1. The smallest absolute Gasteiger partial charge is 0.204 e. The lowest BCUT2D eigenvalue weighted by molar-refractivity contribution is 0.172. The van der Waals surface area contributed by atoms with Crippen molar-refractivity contribution in [2.75, 3.05) is 13.1 Å². The highest BCUT2D eigenvalue weighted by molar-refractivity contribution is 7.71. The van der Waals surface area contributed by atoms with E-state index in [9.17, 15) is 0 Å². The van der Waals surface area contributed by atoms with Gasteiger partial charge in [0, 0.05) is 5.69 Å². The molecular weight excluding hydrogens is 336 g/mol. The van der Waals surface area contributed by atoms with Crippen molar-refractivity contribution in [2.24, 2.45) is 0 Å². The Morgan fingerprint density at radius 1 is 1.00 bits per heavy atom. The molecule has 6 heteroatoms. The Morgan fingerprint density at radius 3 is 2.50 bits per heavy atom. The van der Waals surface area contributed by atoms with Crippen molar-refractivity contribution in [3.8, 4) is 16.4 Å². The molecule has 0 radical (unpaired) electrons. The van der Waals surface area contributed by atoms with Gasteiger partial charge in [0.15, 0.2) is 5.82 Å². The summed E-state index contributed by atoms with van der Waals surface area (Å²) < 4.78 is 4.82. The molecule has 24 heavy (non-hydrogen) atoms. The van der Waals surface area contributed by atoms with E-state index in [0.717, 1.165) is 40.9 Å². The molecule has 0 aliphatic carbocycles. The number of piperidine rings is 1. The SMILES string of the molecule is S=c1n(CN2CCCCC2)nc(-c2cccs2)n1-c1ccccc1. The molecule has 0 unspecified atom stereocenters. The van der Waals surface area contributed by atoms with E-state index in [1.165, 1.54) is 19.3 Å². The molecule has 0 saturated carbocycles. The topological polar surface area (TPSA) is 26.0 Å². The van der Waals surface area contributed by atoms with Crippen LogP contribution in [0.4, 0.5) is 0 Å². The summed E-state index contributed by atoms with van der Waals surface area (Å²) in [4.78, 5) is 3.59. The highest BCUT2D eigenvalue weighted by Crippen LogP contribution is 2.26. The van der Waals surface area contributed by atoms with Crippen molar-refractivity contribution >= 4 is 23.6 Å². The number of thiophene rings is 1. The van der Waals surface area contributed by atoms with E-state index in [1.807, 2.05) is 22.9 Å². The number of likely N-dealkylation sites (tertiary alicyclic amines) is 1. The van der Waals surface area contributed by atoms with E-state index in [2.05, 4.69) is 39.1 Å². The van der Waals surface area contributed by atoms with Crippen LogP contribution in [0.1, 0.15) is 19.3 Å². The average Bonchev–Trinajstić information content (AvgIpc) is 3.26. The Kier molecular flexibility index (Phi) is 4.60. The third-order valence-corrected chi connectivity index (χ3v) is 5.64. The summed E-state index contributed by atoms with van der Waals surface area (Å²) in [6, 6.07) is 14.4. The summed E-state index contributed by atoms with van der Waals surface area (Å²) in [5.74, 6) is 0.929. The fourth-order valence-corrected chi connectivity index (χ4v) is 4.15. The van der Waals surface area contributed by atoms with E-state index in [-0.39, 0.29) is 0 Å². The van der Waals surface area contributed by atoms with Crippen LogP contribution in [-0.2, 0) is 6.67 Å². The maximum Gasteiger partial charge on any atom is 0.204 e. The molecule has 0 bridgehead atoms. The number of hydrogen-bond donors (Lipinski definition) is 0. The average molecular weight is 357 g/mol. The molecule has 0 amide bonds. The number of aromatic nitrogens is 3. The fraction of sp³-hybridized carbons (Fsp3) is 0.333. The highest BCUT2D eigenvalue weighted by Gasteiger charge is 2.17. The summed E-state index contributed by atoms with van der Waals surface area (Å²) in [5.41, 5.74) is 1.07. The molecule has 4 nitrogen and oxygen atoms in total. The summed E-state index contributed by atoms with van der Waals surface area (Å²) in [7, 11) is 0. The van der Waals surface area contributed by atoms with E-state index in [0.29, 0.717) is 0 Å². The van der Waals surface area contributed by atoms with Crippen molar-refractivity contribution in [2.45, 2.75) is 25.9 Å². The summed E-state index contributed by atoms with van der Waals surface area (Å²) in [5, 5.41) is 6.95. The molecule has 1 aromatic carbocycles. The predicted molar refractivity (Wildman–Crippen MR) is 101 cm³/mol. The molecule has 0 spiro atoms. The lowest BCUT2D eigenvalue weighted by Gasteiger charge is -2.25. The van der Waals surface area contributed by atoms with Gasteiger partial charge in [-0.3, -0.25) is 9.47 Å². The fourth-order valence-electron chi connectivity index (χ4n) is 3.17. The van der Waals surface area contributed by atoms with Gasteiger partial charge in [0.25, 0.3) is 0 Å². The first-order valence-electron chi connectivity index (χ1n) is 8.34.